The van der Waals surface area contributed by atoms with E-state index in [1.165, 1.54) is 19.3 Å². The van der Waals surface area contributed by atoms with Crippen molar-refractivity contribution < 1.29 is 9.90 Å². The van der Waals surface area contributed by atoms with Crippen LogP contribution < -0.4 is 0 Å². The molecule has 86 valence electrons. The van der Waals surface area contributed by atoms with Crippen LogP contribution in [0.5, 0.6) is 0 Å². The van der Waals surface area contributed by atoms with Crippen LogP contribution in [0.1, 0.15) is 39.0 Å². The summed E-state index contributed by atoms with van der Waals surface area (Å²) in [5, 5.41) is 9.05. The largest absolute Gasteiger partial charge is 0.481 e. The van der Waals surface area contributed by atoms with Gasteiger partial charge in [0.25, 0.3) is 0 Å². The van der Waals surface area contributed by atoms with E-state index in [0.29, 0.717) is 5.41 Å². The van der Waals surface area contributed by atoms with Gasteiger partial charge < -0.3 is 10.0 Å². The van der Waals surface area contributed by atoms with E-state index >= 15 is 0 Å². The van der Waals surface area contributed by atoms with Gasteiger partial charge in [-0.15, -0.1) is 0 Å². The Morgan fingerprint density at radius 3 is 2.53 bits per heavy atom. The average Bonchev–Trinajstić information content (AvgIpc) is 2.04. The van der Waals surface area contributed by atoms with Crippen LogP contribution in [0.3, 0.4) is 0 Å². The lowest BCUT2D eigenvalue weighted by Crippen LogP contribution is -2.60. The summed E-state index contributed by atoms with van der Waals surface area (Å²) in [7, 11) is 0. The summed E-state index contributed by atoms with van der Waals surface area (Å²) in [5.74, 6) is -0.765. The number of hydrogen-bond acceptors (Lipinski definition) is 2. The first-order valence-electron chi connectivity index (χ1n) is 6.10. The van der Waals surface area contributed by atoms with E-state index in [1.807, 2.05) is 0 Å². The fraction of sp³-hybridized carbons (Fsp3) is 0.917. The van der Waals surface area contributed by atoms with Crippen LogP contribution in [0.4, 0.5) is 0 Å². The minimum absolute atomic E-state index is 0.146. The summed E-state index contributed by atoms with van der Waals surface area (Å²) in [6.45, 7) is 5.13. The molecule has 0 aromatic rings. The van der Waals surface area contributed by atoms with Crippen LogP contribution >= 0.6 is 0 Å². The van der Waals surface area contributed by atoms with Crippen molar-refractivity contribution in [3.63, 3.8) is 0 Å². The lowest BCUT2D eigenvalue weighted by Gasteiger charge is -2.56. The maximum Gasteiger partial charge on any atom is 0.307 e. The van der Waals surface area contributed by atoms with Gasteiger partial charge in [-0.25, -0.2) is 0 Å². The Morgan fingerprint density at radius 1 is 1.47 bits per heavy atom. The molecule has 1 aliphatic carbocycles. The summed E-state index contributed by atoms with van der Waals surface area (Å²) < 4.78 is 0. The molecule has 1 saturated carbocycles. The molecule has 0 amide bonds. The Hall–Kier alpha value is -0.570. The van der Waals surface area contributed by atoms with Crippen molar-refractivity contribution in [1.29, 1.82) is 0 Å². The van der Waals surface area contributed by atoms with Crippen LogP contribution in [0.25, 0.3) is 0 Å². The highest BCUT2D eigenvalue weighted by atomic mass is 16.4. The number of likely N-dealkylation sites (tertiary alicyclic amines) is 1. The predicted molar refractivity (Wildman–Crippen MR) is 58.8 cm³/mol. The van der Waals surface area contributed by atoms with E-state index in [-0.39, 0.29) is 5.92 Å². The summed E-state index contributed by atoms with van der Waals surface area (Å²) in [4.78, 5) is 13.3. The molecule has 0 aromatic heterocycles. The summed E-state index contributed by atoms with van der Waals surface area (Å²) in [6.07, 6.45) is 5.91. The Labute approximate surface area is 91.5 Å². The van der Waals surface area contributed by atoms with Crippen molar-refractivity contribution in [2.24, 2.45) is 11.3 Å². The predicted octanol–water partition coefficient (Wildman–Crippen LogP) is 1.97. The first kappa shape index (κ1) is 10.9. The van der Waals surface area contributed by atoms with Crippen molar-refractivity contribution >= 4 is 5.97 Å². The molecule has 2 fully saturated rings. The smallest absolute Gasteiger partial charge is 0.307 e. The van der Waals surface area contributed by atoms with Gasteiger partial charge in [0.05, 0.1) is 5.92 Å². The Kier molecular flexibility index (Phi) is 3.01. The lowest BCUT2D eigenvalue weighted by atomic mass is 9.63. The van der Waals surface area contributed by atoms with Gasteiger partial charge in [0.1, 0.15) is 0 Å². The van der Waals surface area contributed by atoms with Crippen LogP contribution in [0.15, 0.2) is 0 Å². The molecule has 1 unspecified atom stereocenters. The maximum atomic E-state index is 11.0. The van der Waals surface area contributed by atoms with Crippen LogP contribution in [0, 0.1) is 11.3 Å². The molecule has 1 atom stereocenters. The number of rotatable bonds is 5. The second kappa shape index (κ2) is 4.12. The molecule has 0 radical (unpaired) electrons. The Balaban J connectivity index is 1.74. The topological polar surface area (TPSA) is 40.5 Å². The highest BCUT2D eigenvalue weighted by molar-refractivity contribution is 5.70. The minimum atomic E-state index is -0.619. The van der Waals surface area contributed by atoms with Gasteiger partial charge in [-0.3, -0.25) is 4.79 Å². The third-order valence-electron chi connectivity index (χ3n) is 4.00. The van der Waals surface area contributed by atoms with Crippen LogP contribution in [0.2, 0.25) is 0 Å². The van der Waals surface area contributed by atoms with Crippen molar-refractivity contribution in [1.82, 2.24) is 4.90 Å². The molecule has 2 aliphatic rings. The zero-order valence-electron chi connectivity index (χ0n) is 9.54. The fourth-order valence-electron chi connectivity index (χ4n) is 2.98. The van der Waals surface area contributed by atoms with E-state index < -0.39 is 5.97 Å². The normalized spacial score (nSPS) is 25.7. The molecular weight excluding hydrogens is 190 g/mol. The quantitative estimate of drug-likeness (QED) is 0.756. The first-order chi connectivity index (χ1) is 7.15. The molecule has 0 bridgehead atoms. The minimum Gasteiger partial charge on any atom is -0.481 e. The monoisotopic (exact) mass is 211 g/mol. The van der Waals surface area contributed by atoms with E-state index in [2.05, 4.69) is 11.8 Å². The van der Waals surface area contributed by atoms with Gasteiger partial charge in [0.15, 0.2) is 0 Å². The Bertz CT molecular complexity index is 240. The molecule has 1 heterocycles. The standard InChI is InChI=1S/C12H21NO2/c1-2-4-10(11(14)15)7-13-8-12(9-13)5-3-6-12/h10H,2-9H2,1H3,(H,14,15). The van der Waals surface area contributed by atoms with E-state index in [4.69, 9.17) is 5.11 Å². The number of carboxylic acids is 1. The van der Waals surface area contributed by atoms with Gasteiger partial charge in [0.2, 0.25) is 0 Å². The zero-order valence-corrected chi connectivity index (χ0v) is 9.54. The van der Waals surface area contributed by atoms with Crippen LogP contribution in [-0.2, 0) is 4.79 Å². The first-order valence-corrected chi connectivity index (χ1v) is 6.10. The second-order valence-corrected chi connectivity index (χ2v) is 5.35. The van der Waals surface area contributed by atoms with E-state index in [9.17, 15) is 4.79 Å². The maximum absolute atomic E-state index is 11.0. The molecule has 15 heavy (non-hydrogen) atoms. The number of carbonyl (C=O) groups is 1. The summed E-state index contributed by atoms with van der Waals surface area (Å²) in [5.41, 5.74) is 0.620. The molecule has 3 heteroatoms. The number of carboxylic acid groups (broad SMARTS) is 1. The summed E-state index contributed by atoms with van der Waals surface area (Å²) in [6, 6.07) is 0. The molecule has 0 aromatic carbocycles. The lowest BCUT2D eigenvalue weighted by molar-refractivity contribution is -0.145. The highest BCUT2D eigenvalue weighted by Crippen LogP contribution is 2.48. The van der Waals surface area contributed by atoms with Gasteiger partial charge in [-0.05, 0) is 24.7 Å². The molecular formula is C12H21NO2. The zero-order chi connectivity index (χ0) is 10.9. The number of nitrogens with zero attached hydrogens (tertiary/aromatic N) is 1. The number of hydrogen-bond donors (Lipinski definition) is 1. The molecule has 2 rings (SSSR count). The molecule has 1 aliphatic heterocycles. The van der Waals surface area contributed by atoms with Crippen molar-refractivity contribution in [2.45, 2.75) is 39.0 Å². The highest BCUT2D eigenvalue weighted by Gasteiger charge is 2.47. The van der Waals surface area contributed by atoms with Crippen molar-refractivity contribution in [2.75, 3.05) is 19.6 Å². The van der Waals surface area contributed by atoms with Gasteiger partial charge >= 0.3 is 5.97 Å². The SMILES string of the molecule is CCCC(CN1CC2(CCC2)C1)C(=O)O. The molecule has 1 saturated heterocycles. The van der Waals surface area contributed by atoms with Crippen molar-refractivity contribution in [3.05, 3.63) is 0 Å². The van der Waals surface area contributed by atoms with Gasteiger partial charge in [-0.1, -0.05) is 19.8 Å². The van der Waals surface area contributed by atoms with E-state index in [0.717, 1.165) is 32.5 Å². The molecule has 3 nitrogen and oxygen atoms in total. The third-order valence-corrected chi connectivity index (χ3v) is 4.00. The second-order valence-electron chi connectivity index (χ2n) is 5.35. The van der Waals surface area contributed by atoms with E-state index in [1.54, 1.807) is 0 Å². The third kappa shape index (κ3) is 2.17. The average molecular weight is 211 g/mol. The van der Waals surface area contributed by atoms with Gasteiger partial charge in [-0.2, -0.15) is 0 Å². The van der Waals surface area contributed by atoms with Gasteiger partial charge in [0, 0.05) is 19.6 Å². The fourth-order valence-corrected chi connectivity index (χ4v) is 2.98. The number of aliphatic carboxylic acids is 1. The van der Waals surface area contributed by atoms with Crippen molar-refractivity contribution in [3.8, 4) is 0 Å². The summed E-state index contributed by atoms with van der Waals surface area (Å²) >= 11 is 0. The molecule has 1 N–H and O–H groups in total. The molecule has 1 spiro atoms. The van der Waals surface area contributed by atoms with Crippen LogP contribution in [-0.4, -0.2) is 35.6 Å². The Morgan fingerprint density at radius 2 is 2.13 bits per heavy atom.